The third-order valence-corrected chi connectivity index (χ3v) is 2.44. The van der Waals surface area contributed by atoms with Crippen LogP contribution in [0.3, 0.4) is 0 Å². The summed E-state index contributed by atoms with van der Waals surface area (Å²) in [5.41, 5.74) is 0. The van der Waals surface area contributed by atoms with E-state index in [0.717, 1.165) is 30.6 Å². The van der Waals surface area contributed by atoms with E-state index in [1.807, 2.05) is 0 Å². The van der Waals surface area contributed by atoms with Crippen LogP contribution in [0.4, 0.5) is 0 Å². The molecule has 0 unspecified atom stereocenters. The Labute approximate surface area is 112 Å². The third-order valence-electron chi connectivity index (χ3n) is 2.44. The molecule has 0 saturated carbocycles. The van der Waals surface area contributed by atoms with Gasteiger partial charge in [-0.1, -0.05) is 26.2 Å². The molecule has 1 amide bonds. The van der Waals surface area contributed by atoms with Gasteiger partial charge in [0.05, 0.1) is 19.6 Å². The molecule has 0 aliphatic heterocycles. The van der Waals surface area contributed by atoms with Gasteiger partial charge in [0.25, 0.3) is 0 Å². The van der Waals surface area contributed by atoms with E-state index < -0.39 is 25.0 Å². The molecule has 0 atom stereocenters. The maximum absolute atomic E-state index is 11.5. The van der Waals surface area contributed by atoms with E-state index in [0.29, 0.717) is 6.54 Å². The van der Waals surface area contributed by atoms with Crippen molar-refractivity contribution < 1.29 is 24.6 Å². The van der Waals surface area contributed by atoms with Gasteiger partial charge >= 0.3 is 11.9 Å². The molecule has 0 radical (unpaired) electrons. The minimum Gasteiger partial charge on any atom is -0.480 e. The van der Waals surface area contributed by atoms with Gasteiger partial charge < -0.3 is 15.5 Å². The molecule has 0 rings (SSSR count). The highest BCUT2D eigenvalue weighted by Crippen LogP contribution is 1.97. The number of rotatable bonds is 11. The Morgan fingerprint density at radius 3 is 2.00 bits per heavy atom. The predicted molar refractivity (Wildman–Crippen MR) is 68.9 cm³/mol. The van der Waals surface area contributed by atoms with Crippen molar-refractivity contribution in [3.05, 3.63) is 0 Å². The number of aliphatic carboxylic acids is 2. The number of carbonyl (C=O) groups excluding carboxylic acids is 1. The molecule has 19 heavy (non-hydrogen) atoms. The SMILES string of the molecule is CCCCCCNC(=O)CN(CC(=O)O)CC(=O)O. The van der Waals surface area contributed by atoms with Gasteiger partial charge in [0.1, 0.15) is 0 Å². The summed E-state index contributed by atoms with van der Waals surface area (Å²) in [6.07, 6.45) is 4.13. The molecule has 7 nitrogen and oxygen atoms in total. The third kappa shape index (κ3) is 11.2. The van der Waals surface area contributed by atoms with Crippen LogP contribution in [0.5, 0.6) is 0 Å². The van der Waals surface area contributed by atoms with Gasteiger partial charge in [-0.3, -0.25) is 19.3 Å². The lowest BCUT2D eigenvalue weighted by Crippen LogP contribution is -2.42. The van der Waals surface area contributed by atoms with Crippen molar-refractivity contribution in [3.8, 4) is 0 Å². The molecule has 0 aliphatic carbocycles. The minimum absolute atomic E-state index is 0.216. The summed E-state index contributed by atoms with van der Waals surface area (Å²) in [6, 6.07) is 0. The molecule has 0 fully saturated rings. The second-order valence-electron chi connectivity index (χ2n) is 4.34. The first-order chi connectivity index (χ1) is 8.95. The van der Waals surface area contributed by atoms with Gasteiger partial charge in [-0.25, -0.2) is 0 Å². The van der Waals surface area contributed by atoms with Crippen LogP contribution >= 0.6 is 0 Å². The molecule has 0 aromatic carbocycles. The Morgan fingerprint density at radius 1 is 0.947 bits per heavy atom. The van der Waals surface area contributed by atoms with Gasteiger partial charge in [-0.05, 0) is 6.42 Å². The van der Waals surface area contributed by atoms with Gasteiger partial charge in [0.2, 0.25) is 5.91 Å². The lowest BCUT2D eigenvalue weighted by Gasteiger charge is -2.17. The van der Waals surface area contributed by atoms with Crippen molar-refractivity contribution in [1.82, 2.24) is 10.2 Å². The average Bonchev–Trinajstić information content (AvgIpc) is 2.26. The van der Waals surface area contributed by atoms with Crippen LogP contribution < -0.4 is 5.32 Å². The summed E-state index contributed by atoms with van der Waals surface area (Å²) in [5, 5.41) is 19.9. The molecule has 0 saturated heterocycles. The van der Waals surface area contributed by atoms with Crippen LogP contribution in [-0.2, 0) is 14.4 Å². The number of nitrogens with zero attached hydrogens (tertiary/aromatic N) is 1. The highest BCUT2D eigenvalue weighted by molar-refractivity contribution is 5.80. The summed E-state index contributed by atoms with van der Waals surface area (Å²) < 4.78 is 0. The number of carbonyl (C=O) groups is 3. The fraction of sp³-hybridized carbons (Fsp3) is 0.750. The van der Waals surface area contributed by atoms with E-state index in [9.17, 15) is 14.4 Å². The first-order valence-corrected chi connectivity index (χ1v) is 6.38. The van der Waals surface area contributed by atoms with E-state index >= 15 is 0 Å². The maximum Gasteiger partial charge on any atom is 0.317 e. The maximum atomic E-state index is 11.5. The molecule has 7 heteroatoms. The van der Waals surface area contributed by atoms with Crippen LogP contribution in [-0.4, -0.2) is 59.1 Å². The summed E-state index contributed by atoms with van der Waals surface area (Å²) in [5.74, 6) is -2.66. The van der Waals surface area contributed by atoms with Gasteiger partial charge in [-0.2, -0.15) is 0 Å². The molecule has 3 N–H and O–H groups in total. The number of hydrogen-bond donors (Lipinski definition) is 3. The van der Waals surface area contributed by atoms with Crippen molar-refractivity contribution in [1.29, 1.82) is 0 Å². The zero-order valence-corrected chi connectivity index (χ0v) is 11.2. The van der Waals surface area contributed by atoms with Crippen LogP contribution in [0.15, 0.2) is 0 Å². The van der Waals surface area contributed by atoms with Gasteiger partial charge in [0, 0.05) is 6.54 Å². The molecule has 0 spiro atoms. The van der Waals surface area contributed by atoms with Crippen molar-refractivity contribution in [2.45, 2.75) is 32.6 Å². The Bertz CT molecular complexity index is 290. The standard InChI is InChI=1S/C12H22N2O5/c1-2-3-4-5-6-13-10(15)7-14(8-11(16)17)9-12(18)19/h2-9H2,1H3,(H,13,15)(H,16,17)(H,18,19). The Kier molecular flexibility index (Phi) is 9.42. The second-order valence-corrected chi connectivity index (χ2v) is 4.34. The largest absolute Gasteiger partial charge is 0.480 e. The van der Waals surface area contributed by atoms with Crippen molar-refractivity contribution in [2.75, 3.05) is 26.2 Å². The fourth-order valence-corrected chi connectivity index (χ4v) is 1.59. The molecule has 0 aromatic heterocycles. The lowest BCUT2D eigenvalue weighted by atomic mass is 10.2. The number of nitrogens with one attached hydrogen (secondary N) is 1. The zero-order chi connectivity index (χ0) is 14.7. The van der Waals surface area contributed by atoms with Crippen LogP contribution in [0, 0.1) is 0 Å². The fourth-order valence-electron chi connectivity index (χ4n) is 1.59. The number of hydrogen-bond acceptors (Lipinski definition) is 4. The molecule has 0 aliphatic rings. The van der Waals surface area contributed by atoms with E-state index in [1.54, 1.807) is 0 Å². The van der Waals surface area contributed by atoms with Crippen LogP contribution in [0.25, 0.3) is 0 Å². The van der Waals surface area contributed by atoms with Gasteiger partial charge in [-0.15, -0.1) is 0 Å². The Hall–Kier alpha value is -1.63. The van der Waals surface area contributed by atoms with Crippen LogP contribution in [0.1, 0.15) is 32.6 Å². The number of carboxylic acids is 2. The van der Waals surface area contributed by atoms with E-state index in [4.69, 9.17) is 10.2 Å². The van der Waals surface area contributed by atoms with Crippen molar-refractivity contribution in [2.24, 2.45) is 0 Å². The Balaban J connectivity index is 3.94. The van der Waals surface area contributed by atoms with E-state index in [-0.39, 0.29) is 12.5 Å². The summed E-state index contributed by atoms with van der Waals surface area (Å²) >= 11 is 0. The first-order valence-electron chi connectivity index (χ1n) is 6.38. The lowest BCUT2D eigenvalue weighted by molar-refractivity contribution is -0.142. The minimum atomic E-state index is -1.16. The number of amides is 1. The summed E-state index contributed by atoms with van der Waals surface area (Å²) in [4.78, 5) is 33.7. The predicted octanol–water partition coefficient (Wildman–Crippen LogP) is 0.154. The summed E-state index contributed by atoms with van der Waals surface area (Å²) in [6.45, 7) is 1.48. The van der Waals surface area contributed by atoms with Crippen LogP contribution in [0.2, 0.25) is 0 Å². The number of unbranched alkanes of at least 4 members (excludes halogenated alkanes) is 3. The highest BCUT2D eigenvalue weighted by atomic mass is 16.4. The number of carboxylic acid groups (broad SMARTS) is 2. The average molecular weight is 274 g/mol. The molecule has 110 valence electrons. The first kappa shape index (κ1) is 17.4. The van der Waals surface area contributed by atoms with E-state index in [1.165, 1.54) is 0 Å². The summed E-state index contributed by atoms with van der Waals surface area (Å²) in [7, 11) is 0. The molecular formula is C12H22N2O5. The highest BCUT2D eigenvalue weighted by Gasteiger charge is 2.16. The smallest absolute Gasteiger partial charge is 0.317 e. The quantitative estimate of drug-likeness (QED) is 0.463. The molecule has 0 heterocycles. The van der Waals surface area contributed by atoms with Crippen molar-refractivity contribution in [3.63, 3.8) is 0 Å². The topological polar surface area (TPSA) is 107 Å². The molecular weight excluding hydrogens is 252 g/mol. The molecule has 0 aromatic rings. The van der Waals surface area contributed by atoms with E-state index in [2.05, 4.69) is 12.2 Å². The molecule has 0 bridgehead atoms. The van der Waals surface area contributed by atoms with Crippen molar-refractivity contribution >= 4 is 17.8 Å². The normalized spacial score (nSPS) is 10.4. The monoisotopic (exact) mass is 274 g/mol. The Morgan fingerprint density at radius 2 is 1.53 bits per heavy atom. The second kappa shape index (κ2) is 10.3. The zero-order valence-electron chi connectivity index (χ0n) is 11.2. The van der Waals surface area contributed by atoms with Gasteiger partial charge in [0.15, 0.2) is 0 Å².